The lowest BCUT2D eigenvalue weighted by Crippen LogP contribution is -2.14. The molecule has 0 bridgehead atoms. The number of anilines is 1. The third-order valence-electron chi connectivity index (χ3n) is 3.69. The fourth-order valence-corrected chi connectivity index (χ4v) is 2.62. The second-order valence-electron chi connectivity index (χ2n) is 5.50. The van der Waals surface area contributed by atoms with E-state index < -0.39 is 5.63 Å². The highest BCUT2D eigenvalue weighted by molar-refractivity contribution is 5.94. The van der Waals surface area contributed by atoms with Crippen LogP contribution in [0.15, 0.2) is 76.5 Å². The van der Waals surface area contributed by atoms with E-state index in [0.717, 1.165) is 16.5 Å². The molecule has 3 rings (SSSR count). The molecule has 0 spiro atoms. The van der Waals surface area contributed by atoms with Crippen LogP contribution in [0.25, 0.3) is 11.0 Å². The van der Waals surface area contributed by atoms with Crippen LogP contribution >= 0.6 is 0 Å². The predicted molar refractivity (Wildman–Crippen MR) is 95.2 cm³/mol. The van der Waals surface area contributed by atoms with Gasteiger partial charge in [0.2, 0.25) is 5.91 Å². The maximum absolute atomic E-state index is 12.1. The van der Waals surface area contributed by atoms with Crippen molar-refractivity contribution in [3.8, 4) is 0 Å². The van der Waals surface area contributed by atoms with Crippen molar-refractivity contribution < 1.29 is 9.21 Å². The fourth-order valence-electron chi connectivity index (χ4n) is 2.62. The molecular weight excluding hydrogens is 302 g/mol. The average molecular weight is 319 g/mol. The molecule has 120 valence electrons. The first-order valence-corrected chi connectivity index (χ1v) is 7.67. The van der Waals surface area contributed by atoms with Gasteiger partial charge in [0.15, 0.2) is 0 Å². The molecule has 2 aromatic carbocycles. The quantitative estimate of drug-likeness (QED) is 0.576. The van der Waals surface area contributed by atoms with E-state index in [2.05, 4.69) is 11.9 Å². The zero-order valence-electron chi connectivity index (χ0n) is 13.1. The molecule has 0 saturated carbocycles. The zero-order chi connectivity index (χ0) is 16.9. The van der Waals surface area contributed by atoms with E-state index in [-0.39, 0.29) is 5.91 Å². The van der Waals surface area contributed by atoms with Crippen LogP contribution in [0.2, 0.25) is 0 Å². The van der Waals surface area contributed by atoms with E-state index in [1.165, 1.54) is 6.07 Å². The van der Waals surface area contributed by atoms with E-state index in [1.807, 2.05) is 36.4 Å². The molecule has 0 aliphatic carbocycles. The van der Waals surface area contributed by atoms with E-state index in [0.29, 0.717) is 24.1 Å². The van der Waals surface area contributed by atoms with Gasteiger partial charge in [0.05, 0.1) is 6.42 Å². The summed E-state index contributed by atoms with van der Waals surface area (Å²) >= 11 is 0. The van der Waals surface area contributed by atoms with Crippen molar-refractivity contribution in [1.29, 1.82) is 0 Å². The summed E-state index contributed by atoms with van der Waals surface area (Å²) in [5, 5.41) is 3.68. The van der Waals surface area contributed by atoms with Gasteiger partial charge in [-0.3, -0.25) is 4.79 Å². The maximum Gasteiger partial charge on any atom is 0.336 e. The molecule has 0 aliphatic rings. The predicted octanol–water partition coefficient (Wildman–Crippen LogP) is 3.70. The normalized spacial score (nSPS) is 10.5. The summed E-state index contributed by atoms with van der Waals surface area (Å²) in [7, 11) is 0. The van der Waals surface area contributed by atoms with E-state index >= 15 is 0 Å². The SMILES string of the molecule is C=CCc1cc(=O)oc2cc(NC(=O)Cc3ccccc3)ccc12. The molecular formula is C20H17NO3. The first-order valence-electron chi connectivity index (χ1n) is 7.67. The Labute approximate surface area is 139 Å². The highest BCUT2D eigenvalue weighted by Gasteiger charge is 2.08. The number of rotatable bonds is 5. The number of hydrogen-bond donors (Lipinski definition) is 1. The Morgan fingerprint density at radius 2 is 1.92 bits per heavy atom. The number of carbonyl (C=O) groups excluding carboxylic acids is 1. The standard InChI is InChI=1S/C20H17NO3/c1-2-6-15-12-20(23)24-18-13-16(9-10-17(15)18)21-19(22)11-14-7-4-3-5-8-14/h2-5,7-10,12-13H,1,6,11H2,(H,21,22). The molecule has 0 atom stereocenters. The van der Waals surface area contributed by atoms with E-state index in [9.17, 15) is 9.59 Å². The minimum atomic E-state index is -0.410. The van der Waals surface area contributed by atoms with Crippen LogP contribution in [-0.2, 0) is 17.6 Å². The Balaban J connectivity index is 1.84. The Bertz CT molecular complexity index is 942. The van der Waals surface area contributed by atoms with Crippen molar-refractivity contribution in [2.24, 2.45) is 0 Å². The van der Waals surface area contributed by atoms with Crippen LogP contribution in [0.3, 0.4) is 0 Å². The maximum atomic E-state index is 12.1. The number of hydrogen-bond acceptors (Lipinski definition) is 3. The highest BCUT2D eigenvalue weighted by Crippen LogP contribution is 2.22. The molecule has 1 heterocycles. The molecule has 1 N–H and O–H groups in total. The van der Waals surface area contributed by atoms with Crippen LogP contribution in [-0.4, -0.2) is 5.91 Å². The first-order chi connectivity index (χ1) is 11.7. The monoisotopic (exact) mass is 319 g/mol. The summed E-state index contributed by atoms with van der Waals surface area (Å²) in [6.45, 7) is 3.70. The molecule has 0 aliphatic heterocycles. The van der Waals surface area contributed by atoms with Gasteiger partial charge in [0.1, 0.15) is 5.58 Å². The average Bonchev–Trinajstić information content (AvgIpc) is 2.55. The molecule has 4 heteroatoms. The number of carbonyl (C=O) groups is 1. The molecule has 1 aromatic heterocycles. The molecule has 3 aromatic rings. The van der Waals surface area contributed by atoms with Gasteiger partial charge in [0.25, 0.3) is 0 Å². The largest absolute Gasteiger partial charge is 0.423 e. The molecule has 0 saturated heterocycles. The minimum absolute atomic E-state index is 0.120. The number of fused-ring (bicyclic) bond motifs is 1. The van der Waals surface area contributed by atoms with E-state index in [1.54, 1.807) is 18.2 Å². The number of allylic oxidation sites excluding steroid dienone is 1. The summed E-state index contributed by atoms with van der Waals surface area (Å²) in [5.41, 5.74) is 2.44. The van der Waals surface area contributed by atoms with Gasteiger partial charge in [0, 0.05) is 23.2 Å². The van der Waals surface area contributed by atoms with Gasteiger partial charge < -0.3 is 9.73 Å². The Hall–Kier alpha value is -3.14. The van der Waals surface area contributed by atoms with Crippen molar-refractivity contribution >= 4 is 22.6 Å². The number of nitrogens with one attached hydrogen (secondary N) is 1. The van der Waals surface area contributed by atoms with Gasteiger partial charge in [-0.25, -0.2) is 4.79 Å². The summed E-state index contributed by atoms with van der Waals surface area (Å²) in [4.78, 5) is 23.8. The zero-order valence-corrected chi connectivity index (χ0v) is 13.1. The van der Waals surface area contributed by atoms with Crippen molar-refractivity contribution in [3.05, 3.63) is 88.8 Å². The summed E-state index contributed by atoms with van der Waals surface area (Å²) < 4.78 is 5.25. The van der Waals surface area contributed by atoms with Crippen LogP contribution in [0.1, 0.15) is 11.1 Å². The van der Waals surface area contributed by atoms with Crippen molar-refractivity contribution in [1.82, 2.24) is 0 Å². The summed E-state index contributed by atoms with van der Waals surface area (Å²) in [6.07, 6.45) is 2.62. The lowest BCUT2D eigenvalue weighted by molar-refractivity contribution is -0.115. The lowest BCUT2D eigenvalue weighted by atomic mass is 10.1. The minimum Gasteiger partial charge on any atom is -0.423 e. The molecule has 4 nitrogen and oxygen atoms in total. The van der Waals surface area contributed by atoms with Gasteiger partial charge in [-0.1, -0.05) is 36.4 Å². The summed E-state index contributed by atoms with van der Waals surface area (Å²) in [6, 6.07) is 16.3. The van der Waals surface area contributed by atoms with Gasteiger partial charge in [-0.2, -0.15) is 0 Å². The van der Waals surface area contributed by atoms with E-state index in [4.69, 9.17) is 4.42 Å². The third kappa shape index (κ3) is 3.60. The van der Waals surface area contributed by atoms with Crippen LogP contribution in [0.4, 0.5) is 5.69 Å². The molecule has 0 radical (unpaired) electrons. The van der Waals surface area contributed by atoms with Gasteiger partial charge in [-0.15, -0.1) is 6.58 Å². The Kier molecular flexibility index (Phi) is 4.57. The van der Waals surface area contributed by atoms with Crippen LogP contribution in [0.5, 0.6) is 0 Å². The van der Waals surface area contributed by atoms with Gasteiger partial charge in [-0.05, 0) is 29.7 Å². The van der Waals surface area contributed by atoms with Crippen molar-refractivity contribution in [2.45, 2.75) is 12.8 Å². The smallest absolute Gasteiger partial charge is 0.336 e. The lowest BCUT2D eigenvalue weighted by Gasteiger charge is -2.08. The number of amides is 1. The molecule has 0 unspecified atom stereocenters. The second kappa shape index (κ2) is 6.96. The van der Waals surface area contributed by atoms with Crippen molar-refractivity contribution in [3.63, 3.8) is 0 Å². The van der Waals surface area contributed by atoms with Crippen LogP contribution in [0, 0.1) is 0 Å². The fraction of sp³-hybridized carbons (Fsp3) is 0.100. The van der Waals surface area contributed by atoms with Crippen LogP contribution < -0.4 is 10.9 Å². The van der Waals surface area contributed by atoms with Crippen molar-refractivity contribution in [2.75, 3.05) is 5.32 Å². The topological polar surface area (TPSA) is 59.3 Å². The third-order valence-corrected chi connectivity index (χ3v) is 3.69. The first kappa shape index (κ1) is 15.7. The summed E-state index contributed by atoms with van der Waals surface area (Å²) in [5.74, 6) is -0.120. The second-order valence-corrected chi connectivity index (χ2v) is 5.50. The molecule has 0 fully saturated rings. The number of benzene rings is 2. The Morgan fingerprint density at radius 1 is 1.12 bits per heavy atom. The Morgan fingerprint density at radius 3 is 2.67 bits per heavy atom. The molecule has 24 heavy (non-hydrogen) atoms. The highest BCUT2D eigenvalue weighted by atomic mass is 16.4. The van der Waals surface area contributed by atoms with Gasteiger partial charge >= 0.3 is 5.63 Å². The molecule has 1 amide bonds.